The fourth-order valence-corrected chi connectivity index (χ4v) is 3.43. The molecule has 0 bridgehead atoms. The van der Waals surface area contributed by atoms with Crippen LogP contribution in [0.2, 0.25) is 0 Å². The van der Waals surface area contributed by atoms with Gasteiger partial charge in [-0.15, -0.1) is 0 Å². The molecule has 1 aromatic carbocycles. The monoisotopic (exact) mass is 338 g/mol. The third kappa shape index (κ3) is 3.17. The largest absolute Gasteiger partial charge is 0.384 e. The van der Waals surface area contributed by atoms with E-state index in [0.29, 0.717) is 11.7 Å². The first-order valence-electron chi connectivity index (χ1n) is 8.32. The van der Waals surface area contributed by atoms with Crippen LogP contribution in [0.15, 0.2) is 42.9 Å². The Balaban J connectivity index is 1.51. The summed E-state index contributed by atoms with van der Waals surface area (Å²) in [5.41, 5.74) is 8.65. The first-order valence-corrected chi connectivity index (χ1v) is 8.32. The summed E-state index contributed by atoms with van der Waals surface area (Å²) in [4.78, 5) is 10.5. The second-order valence-corrected chi connectivity index (χ2v) is 6.27. The molecule has 1 aliphatic rings. The van der Waals surface area contributed by atoms with Crippen LogP contribution >= 0.6 is 0 Å². The van der Waals surface area contributed by atoms with E-state index >= 15 is 0 Å². The quantitative estimate of drug-likeness (QED) is 0.767. The topological polar surface area (TPSA) is 83.7 Å². The van der Waals surface area contributed by atoms with Crippen molar-refractivity contribution < 1.29 is 4.39 Å². The van der Waals surface area contributed by atoms with Gasteiger partial charge in [0.2, 0.25) is 0 Å². The summed E-state index contributed by atoms with van der Waals surface area (Å²) in [6.45, 7) is 1.76. The molecule has 25 heavy (non-hydrogen) atoms. The van der Waals surface area contributed by atoms with Crippen LogP contribution < -0.4 is 10.6 Å². The van der Waals surface area contributed by atoms with Gasteiger partial charge in [-0.2, -0.15) is 5.10 Å². The van der Waals surface area contributed by atoms with E-state index in [-0.39, 0.29) is 5.82 Å². The fraction of sp³-hybridized carbons (Fsp3) is 0.278. The normalized spacial score (nSPS) is 15.5. The molecule has 1 aliphatic heterocycles. The van der Waals surface area contributed by atoms with Crippen LogP contribution in [0.3, 0.4) is 0 Å². The number of aromatic amines is 1. The fourth-order valence-electron chi connectivity index (χ4n) is 3.43. The number of benzene rings is 1. The molecular weight excluding hydrogens is 319 g/mol. The standard InChI is InChI=1S/C18H19FN6/c19-14-3-1-2-13(8-14)15-10-23-24-18(15)12-4-6-25(7-5-12)17-9-16(20)21-11-22-17/h1-3,8-12H,4-7H2,(H,23,24)(H2,20,21,22). The maximum atomic E-state index is 13.5. The lowest BCUT2D eigenvalue weighted by atomic mass is 9.89. The minimum Gasteiger partial charge on any atom is -0.384 e. The molecule has 128 valence electrons. The summed E-state index contributed by atoms with van der Waals surface area (Å²) in [5.74, 6) is 1.46. The summed E-state index contributed by atoms with van der Waals surface area (Å²) in [6, 6.07) is 8.44. The lowest BCUT2D eigenvalue weighted by Gasteiger charge is -2.32. The maximum Gasteiger partial charge on any atom is 0.134 e. The third-order valence-corrected chi connectivity index (χ3v) is 4.71. The van der Waals surface area contributed by atoms with Crippen molar-refractivity contribution in [1.82, 2.24) is 20.2 Å². The molecule has 2 aromatic heterocycles. The molecule has 0 radical (unpaired) electrons. The van der Waals surface area contributed by atoms with E-state index in [2.05, 4.69) is 25.1 Å². The lowest BCUT2D eigenvalue weighted by Crippen LogP contribution is -2.33. The molecule has 1 saturated heterocycles. The van der Waals surface area contributed by atoms with Gasteiger partial charge in [0.05, 0.1) is 6.20 Å². The van der Waals surface area contributed by atoms with Crippen molar-refractivity contribution in [3.8, 4) is 11.1 Å². The highest BCUT2D eigenvalue weighted by molar-refractivity contribution is 5.66. The molecule has 0 aliphatic carbocycles. The van der Waals surface area contributed by atoms with E-state index in [0.717, 1.165) is 48.6 Å². The summed E-state index contributed by atoms with van der Waals surface area (Å²) in [6.07, 6.45) is 5.21. The summed E-state index contributed by atoms with van der Waals surface area (Å²) >= 11 is 0. The lowest BCUT2D eigenvalue weighted by molar-refractivity contribution is 0.493. The number of nitrogens with one attached hydrogen (secondary N) is 1. The predicted octanol–water partition coefficient (Wildman–Crippen LogP) is 2.97. The van der Waals surface area contributed by atoms with E-state index in [1.54, 1.807) is 24.4 Å². The van der Waals surface area contributed by atoms with Crippen molar-refractivity contribution in [2.75, 3.05) is 23.7 Å². The smallest absolute Gasteiger partial charge is 0.134 e. The zero-order valence-corrected chi connectivity index (χ0v) is 13.7. The Hall–Kier alpha value is -2.96. The van der Waals surface area contributed by atoms with Crippen molar-refractivity contribution in [1.29, 1.82) is 0 Å². The summed E-state index contributed by atoms with van der Waals surface area (Å²) in [5, 5.41) is 7.31. The van der Waals surface area contributed by atoms with Gasteiger partial charge in [0, 0.05) is 36.3 Å². The molecule has 6 nitrogen and oxygen atoms in total. The van der Waals surface area contributed by atoms with Gasteiger partial charge in [-0.05, 0) is 30.5 Å². The number of anilines is 2. The second-order valence-electron chi connectivity index (χ2n) is 6.27. The minimum atomic E-state index is -0.235. The Kier molecular flexibility index (Phi) is 4.05. The third-order valence-electron chi connectivity index (χ3n) is 4.71. The van der Waals surface area contributed by atoms with Crippen molar-refractivity contribution in [2.45, 2.75) is 18.8 Å². The van der Waals surface area contributed by atoms with E-state index in [1.165, 1.54) is 12.4 Å². The van der Waals surface area contributed by atoms with Gasteiger partial charge < -0.3 is 10.6 Å². The van der Waals surface area contributed by atoms with Crippen molar-refractivity contribution in [3.63, 3.8) is 0 Å². The number of piperidine rings is 1. The highest BCUT2D eigenvalue weighted by Crippen LogP contribution is 2.34. The molecule has 7 heteroatoms. The molecule has 0 spiro atoms. The van der Waals surface area contributed by atoms with Gasteiger partial charge in [-0.1, -0.05) is 12.1 Å². The van der Waals surface area contributed by atoms with Crippen LogP contribution in [0.25, 0.3) is 11.1 Å². The predicted molar refractivity (Wildman–Crippen MR) is 94.6 cm³/mol. The SMILES string of the molecule is Nc1cc(N2CCC(c3[nH]ncc3-c3cccc(F)c3)CC2)ncn1. The van der Waals surface area contributed by atoms with Crippen LogP contribution in [0.5, 0.6) is 0 Å². The van der Waals surface area contributed by atoms with Gasteiger partial charge in [0.25, 0.3) is 0 Å². The molecule has 3 N–H and O–H groups in total. The van der Waals surface area contributed by atoms with Gasteiger partial charge >= 0.3 is 0 Å². The Morgan fingerprint density at radius 2 is 2.00 bits per heavy atom. The highest BCUT2D eigenvalue weighted by atomic mass is 19.1. The zero-order valence-electron chi connectivity index (χ0n) is 13.7. The zero-order chi connectivity index (χ0) is 17.2. The molecule has 4 rings (SSSR count). The van der Waals surface area contributed by atoms with Gasteiger partial charge in [-0.3, -0.25) is 5.10 Å². The molecule has 3 heterocycles. The first kappa shape index (κ1) is 15.6. The van der Waals surface area contributed by atoms with Crippen LogP contribution in [-0.2, 0) is 0 Å². The number of hydrogen-bond acceptors (Lipinski definition) is 5. The molecular formula is C18H19FN6. The van der Waals surface area contributed by atoms with Crippen molar-refractivity contribution in [3.05, 3.63) is 54.4 Å². The Bertz CT molecular complexity index is 869. The minimum absolute atomic E-state index is 0.235. The van der Waals surface area contributed by atoms with Crippen molar-refractivity contribution >= 4 is 11.6 Å². The molecule has 0 saturated carbocycles. The number of hydrogen-bond donors (Lipinski definition) is 2. The molecule has 0 unspecified atom stereocenters. The van der Waals surface area contributed by atoms with Gasteiger partial charge in [-0.25, -0.2) is 14.4 Å². The Labute approximate surface area is 144 Å². The highest BCUT2D eigenvalue weighted by Gasteiger charge is 2.25. The van der Waals surface area contributed by atoms with E-state index < -0.39 is 0 Å². The molecule has 0 atom stereocenters. The number of rotatable bonds is 3. The van der Waals surface area contributed by atoms with E-state index in [1.807, 2.05) is 6.07 Å². The average Bonchev–Trinajstić information content (AvgIpc) is 3.12. The number of nitrogen functional groups attached to an aromatic ring is 1. The molecule has 3 aromatic rings. The second kappa shape index (κ2) is 6.51. The number of nitrogens with two attached hydrogens (primary N) is 1. The number of halogens is 1. The molecule has 1 fully saturated rings. The number of H-pyrrole nitrogens is 1. The van der Waals surface area contributed by atoms with Crippen LogP contribution in [-0.4, -0.2) is 33.3 Å². The summed E-state index contributed by atoms with van der Waals surface area (Å²) < 4.78 is 13.5. The van der Waals surface area contributed by atoms with Crippen LogP contribution in [0, 0.1) is 5.82 Å². The van der Waals surface area contributed by atoms with Gasteiger partial charge in [0.15, 0.2) is 0 Å². The Morgan fingerprint density at radius 3 is 2.76 bits per heavy atom. The van der Waals surface area contributed by atoms with Crippen LogP contribution in [0.1, 0.15) is 24.5 Å². The summed E-state index contributed by atoms with van der Waals surface area (Å²) in [7, 11) is 0. The molecule has 0 amide bonds. The number of nitrogens with zero attached hydrogens (tertiary/aromatic N) is 4. The van der Waals surface area contributed by atoms with E-state index in [9.17, 15) is 4.39 Å². The number of aromatic nitrogens is 4. The van der Waals surface area contributed by atoms with E-state index in [4.69, 9.17) is 5.73 Å². The van der Waals surface area contributed by atoms with Gasteiger partial charge in [0.1, 0.15) is 23.8 Å². The first-order chi connectivity index (χ1) is 12.2. The average molecular weight is 338 g/mol. The maximum absolute atomic E-state index is 13.5. The Morgan fingerprint density at radius 1 is 1.16 bits per heavy atom. The van der Waals surface area contributed by atoms with Crippen molar-refractivity contribution in [2.24, 2.45) is 0 Å². The van der Waals surface area contributed by atoms with Crippen LogP contribution in [0.4, 0.5) is 16.0 Å².